The van der Waals surface area contributed by atoms with Crippen molar-refractivity contribution in [1.29, 1.82) is 0 Å². The molecule has 0 radical (unpaired) electrons. The zero-order valence-corrected chi connectivity index (χ0v) is 16.8. The normalized spacial score (nSPS) is 17.6. The predicted octanol–water partition coefficient (Wildman–Crippen LogP) is 3.68. The minimum atomic E-state index is -3.62. The number of halogens is 1. The molecule has 2 aliphatic rings. The number of hydrogen-bond donors (Lipinski definition) is 1. The van der Waals surface area contributed by atoms with Gasteiger partial charge in [0.2, 0.25) is 9.84 Å². The van der Waals surface area contributed by atoms with Gasteiger partial charge in [0.1, 0.15) is 0 Å². The third-order valence-corrected chi connectivity index (χ3v) is 7.60. The highest BCUT2D eigenvalue weighted by molar-refractivity contribution is 7.91. The summed E-state index contributed by atoms with van der Waals surface area (Å²) in [6.07, 6.45) is 1.33. The van der Waals surface area contributed by atoms with Gasteiger partial charge in [0.25, 0.3) is 0 Å². The third kappa shape index (κ3) is 3.33. The molecular weight excluding hydrogens is 400 g/mol. The summed E-state index contributed by atoms with van der Waals surface area (Å²) >= 11 is 6.55. The zero-order chi connectivity index (χ0) is 19.9. The lowest BCUT2D eigenvalue weighted by atomic mass is 10.0. The van der Waals surface area contributed by atoms with E-state index in [1.165, 1.54) is 11.0 Å². The van der Waals surface area contributed by atoms with Crippen molar-refractivity contribution in [3.8, 4) is 0 Å². The number of benzene rings is 2. The Labute approximate surface area is 169 Å². The molecule has 0 saturated carbocycles. The molecule has 4 rings (SSSR count). The molecule has 1 N–H and O–H groups in total. The molecule has 1 amide bonds. The highest BCUT2D eigenvalue weighted by Crippen LogP contribution is 2.41. The highest BCUT2D eigenvalue weighted by atomic mass is 35.5. The van der Waals surface area contributed by atoms with Crippen LogP contribution in [0.1, 0.15) is 18.4 Å². The lowest BCUT2D eigenvalue weighted by molar-refractivity contribution is 0.131. The van der Waals surface area contributed by atoms with E-state index in [2.05, 4.69) is 4.90 Å². The number of likely N-dealkylation sites (tertiary alicyclic amines) is 1. The summed E-state index contributed by atoms with van der Waals surface area (Å²) < 4.78 is 25.9. The van der Waals surface area contributed by atoms with Gasteiger partial charge in [-0.25, -0.2) is 13.2 Å². The van der Waals surface area contributed by atoms with Crippen molar-refractivity contribution < 1.29 is 18.3 Å². The molecule has 0 aliphatic carbocycles. The second-order valence-electron chi connectivity index (χ2n) is 7.17. The molecule has 2 aromatic rings. The third-order valence-electron chi connectivity index (χ3n) is 5.56. The monoisotopic (exact) mass is 420 g/mol. The number of rotatable bonds is 3. The largest absolute Gasteiger partial charge is 0.465 e. The van der Waals surface area contributed by atoms with Crippen molar-refractivity contribution in [1.82, 2.24) is 4.90 Å². The fraction of sp³-hybridized carbons (Fsp3) is 0.350. The van der Waals surface area contributed by atoms with Gasteiger partial charge in [-0.15, -0.1) is 0 Å². The van der Waals surface area contributed by atoms with Gasteiger partial charge in [-0.2, -0.15) is 0 Å². The first-order valence-corrected chi connectivity index (χ1v) is 11.1. The second-order valence-corrected chi connectivity index (χ2v) is 9.53. The summed E-state index contributed by atoms with van der Waals surface area (Å²) in [6, 6.07) is 11.8. The maximum atomic E-state index is 12.9. The van der Waals surface area contributed by atoms with E-state index in [1.807, 2.05) is 0 Å². The quantitative estimate of drug-likeness (QED) is 0.819. The van der Waals surface area contributed by atoms with Crippen LogP contribution in [0, 0.1) is 0 Å². The molecule has 8 heteroatoms. The number of carbonyl (C=O) groups is 1. The first-order valence-electron chi connectivity index (χ1n) is 9.25. The fourth-order valence-electron chi connectivity index (χ4n) is 4.12. The Morgan fingerprint density at radius 1 is 1.04 bits per heavy atom. The molecule has 0 unspecified atom stereocenters. The van der Waals surface area contributed by atoms with E-state index >= 15 is 0 Å². The van der Waals surface area contributed by atoms with E-state index in [1.54, 1.807) is 36.4 Å². The Hall–Kier alpha value is -2.25. The molecule has 2 aromatic carbocycles. The van der Waals surface area contributed by atoms with Gasteiger partial charge in [0, 0.05) is 25.7 Å². The lowest BCUT2D eigenvalue weighted by Crippen LogP contribution is -2.46. The molecule has 6 nitrogen and oxygen atoms in total. The standard InChI is InChI=1S/C20H21ClN2O4S/c21-18-13-17(28(26,27)16-4-2-1-3-5-16)12-14-6-11-23(19(14)18)15-7-9-22(10-8-15)20(24)25/h1-5,12-13,15H,6-11H2,(H,24,25). The minimum Gasteiger partial charge on any atom is -0.465 e. The van der Waals surface area contributed by atoms with Crippen LogP contribution < -0.4 is 4.90 Å². The van der Waals surface area contributed by atoms with E-state index in [-0.39, 0.29) is 15.8 Å². The summed E-state index contributed by atoms with van der Waals surface area (Å²) in [7, 11) is -3.62. The second kappa shape index (κ2) is 7.29. The van der Waals surface area contributed by atoms with Crippen LogP contribution in [0.25, 0.3) is 0 Å². The number of sulfone groups is 1. The average molecular weight is 421 g/mol. The van der Waals surface area contributed by atoms with E-state index in [0.29, 0.717) is 18.1 Å². The molecule has 2 heterocycles. The SMILES string of the molecule is O=C(O)N1CCC(N2CCc3cc(S(=O)(=O)c4ccccc4)cc(Cl)c32)CC1. The van der Waals surface area contributed by atoms with Gasteiger partial charge in [-0.05, 0) is 49.1 Å². The number of hydrogen-bond acceptors (Lipinski definition) is 4. The Morgan fingerprint density at radius 3 is 2.36 bits per heavy atom. The van der Waals surface area contributed by atoms with Crippen molar-refractivity contribution in [2.24, 2.45) is 0 Å². The van der Waals surface area contributed by atoms with Crippen LogP contribution in [0.4, 0.5) is 10.5 Å². The topological polar surface area (TPSA) is 77.9 Å². The van der Waals surface area contributed by atoms with Crippen molar-refractivity contribution in [3.05, 3.63) is 53.1 Å². The summed E-state index contributed by atoms with van der Waals surface area (Å²) in [6.45, 7) is 1.77. The number of anilines is 1. The van der Waals surface area contributed by atoms with E-state index in [9.17, 15) is 13.2 Å². The summed E-state index contributed by atoms with van der Waals surface area (Å²) in [5.74, 6) is 0. The van der Waals surface area contributed by atoms with Gasteiger partial charge in [0.05, 0.1) is 20.5 Å². The van der Waals surface area contributed by atoms with Crippen molar-refractivity contribution in [2.45, 2.75) is 35.1 Å². The lowest BCUT2D eigenvalue weighted by Gasteiger charge is -2.37. The van der Waals surface area contributed by atoms with Crippen molar-refractivity contribution >= 4 is 33.2 Å². The Morgan fingerprint density at radius 2 is 1.71 bits per heavy atom. The molecule has 1 fully saturated rings. The predicted molar refractivity (Wildman–Crippen MR) is 107 cm³/mol. The zero-order valence-electron chi connectivity index (χ0n) is 15.2. The number of carboxylic acid groups (broad SMARTS) is 1. The van der Waals surface area contributed by atoms with Crippen LogP contribution in [0.15, 0.2) is 52.3 Å². The number of fused-ring (bicyclic) bond motifs is 1. The van der Waals surface area contributed by atoms with E-state index in [4.69, 9.17) is 16.7 Å². The van der Waals surface area contributed by atoms with Crippen LogP contribution in [-0.4, -0.2) is 50.2 Å². The number of amides is 1. The molecule has 1 saturated heterocycles. The average Bonchev–Trinajstić information content (AvgIpc) is 3.13. The van der Waals surface area contributed by atoms with Crippen molar-refractivity contribution in [2.75, 3.05) is 24.5 Å². The Balaban J connectivity index is 1.62. The van der Waals surface area contributed by atoms with E-state index in [0.717, 1.165) is 37.1 Å². The maximum absolute atomic E-state index is 12.9. The minimum absolute atomic E-state index is 0.213. The van der Waals surface area contributed by atoms with Crippen LogP contribution in [-0.2, 0) is 16.3 Å². The van der Waals surface area contributed by atoms with Gasteiger partial charge in [-0.3, -0.25) is 0 Å². The molecule has 0 atom stereocenters. The van der Waals surface area contributed by atoms with Gasteiger partial charge in [-0.1, -0.05) is 29.8 Å². The summed E-state index contributed by atoms with van der Waals surface area (Å²) in [4.78, 5) is 15.2. The summed E-state index contributed by atoms with van der Waals surface area (Å²) in [5, 5.41) is 9.56. The number of nitrogens with zero attached hydrogens (tertiary/aromatic N) is 2. The maximum Gasteiger partial charge on any atom is 0.407 e. The van der Waals surface area contributed by atoms with Gasteiger partial charge < -0.3 is 14.9 Å². The van der Waals surface area contributed by atoms with Crippen LogP contribution in [0.3, 0.4) is 0 Å². The smallest absolute Gasteiger partial charge is 0.407 e. The van der Waals surface area contributed by atoms with Gasteiger partial charge >= 0.3 is 6.09 Å². The number of piperidine rings is 1. The molecule has 148 valence electrons. The van der Waals surface area contributed by atoms with Crippen molar-refractivity contribution in [3.63, 3.8) is 0 Å². The molecule has 2 aliphatic heterocycles. The van der Waals surface area contributed by atoms with Crippen LogP contribution >= 0.6 is 11.6 Å². The van der Waals surface area contributed by atoms with Gasteiger partial charge in [0.15, 0.2) is 0 Å². The first-order chi connectivity index (χ1) is 13.4. The molecule has 0 bridgehead atoms. The highest BCUT2D eigenvalue weighted by Gasteiger charge is 2.33. The Bertz CT molecular complexity index is 1000. The molecule has 28 heavy (non-hydrogen) atoms. The molecular formula is C20H21ClN2O4S. The van der Waals surface area contributed by atoms with Crippen LogP contribution in [0.2, 0.25) is 5.02 Å². The van der Waals surface area contributed by atoms with Crippen LogP contribution in [0.5, 0.6) is 0 Å². The first kappa shape index (κ1) is 19.1. The fourth-order valence-corrected chi connectivity index (χ4v) is 5.89. The molecule has 0 aromatic heterocycles. The molecule has 0 spiro atoms. The Kier molecular flexibility index (Phi) is 4.97. The summed E-state index contributed by atoms with van der Waals surface area (Å²) in [5.41, 5.74) is 1.82. The van der Waals surface area contributed by atoms with E-state index < -0.39 is 15.9 Å².